The van der Waals surface area contributed by atoms with Crippen LogP contribution in [0.1, 0.15) is 34.9 Å². The molecule has 0 bridgehead atoms. The summed E-state index contributed by atoms with van der Waals surface area (Å²) in [7, 11) is 0. The van der Waals surface area contributed by atoms with E-state index in [9.17, 15) is 4.79 Å². The summed E-state index contributed by atoms with van der Waals surface area (Å²) in [5.41, 5.74) is 4.24. The molecule has 134 valence electrons. The molecule has 1 fully saturated rings. The summed E-state index contributed by atoms with van der Waals surface area (Å²) in [6, 6.07) is 16.2. The summed E-state index contributed by atoms with van der Waals surface area (Å²) in [6.45, 7) is 0.779. The molecule has 1 amide bonds. The zero-order valence-electron chi connectivity index (χ0n) is 14.7. The van der Waals surface area contributed by atoms with E-state index in [1.165, 1.54) is 5.56 Å². The number of pyridine rings is 1. The van der Waals surface area contributed by atoms with Gasteiger partial charge in [0.05, 0.1) is 17.9 Å². The van der Waals surface area contributed by atoms with Crippen molar-refractivity contribution in [3.05, 3.63) is 72.2 Å². The third-order valence-corrected chi connectivity index (χ3v) is 5.20. The van der Waals surface area contributed by atoms with Crippen LogP contribution in [0.15, 0.2) is 60.9 Å². The average molecular weight is 357 g/mol. The highest BCUT2D eigenvalue weighted by molar-refractivity contribution is 5.98. The molecular weight excluding hydrogens is 338 g/mol. The van der Waals surface area contributed by atoms with Gasteiger partial charge in [-0.25, -0.2) is 4.98 Å². The fourth-order valence-electron chi connectivity index (χ4n) is 3.86. The largest absolute Gasteiger partial charge is 0.335 e. The second-order valence-corrected chi connectivity index (χ2v) is 6.87. The predicted octanol–water partition coefficient (Wildman–Crippen LogP) is 3.93. The third kappa shape index (κ3) is 2.79. The Balaban J connectivity index is 1.47. The average Bonchev–Trinajstić information content (AvgIpc) is 3.47. The van der Waals surface area contributed by atoms with Crippen molar-refractivity contribution in [1.82, 2.24) is 25.1 Å². The topological polar surface area (TPSA) is 77.7 Å². The quantitative estimate of drug-likeness (QED) is 0.583. The first kappa shape index (κ1) is 15.8. The van der Waals surface area contributed by atoms with E-state index in [4.69, 9.17) is 0 Å². The van der Waals surface area contributed by atoms with E-state index in [2.05, 4.69) is 32.3 Å². The molecule has 5 rings (SSSR count). The van der Waals surface area contributed by atoms with Crippen molar-refractivity contribution >= 4 is 16.9 Å². The minimum absolute atomic E-state index is 0.0317. The zero-order chi connectivity index (χ0) is 18.2. The van der Waals surface area contributed by atoms with Gasteiger partial charge in [-0.1, -0.05) is 30.3 Å². The van der Waals surface area contributed by atoms with E-state index in [1.54, 1.807) is 12.4 Å². The maximum Gasteiger partial charge on any atom is 0.270 e. The Morgan fingerprint density at radius 1 is 1.15 bits per heavy atom. The Morgan fingerprint density at radius 3 is 2.85 bits per heavy atom. The number of aromatic amines is 2. The van der Waals surface area contributed by atoms with Gasteiger partial charge in [0.2, 0.25) is 0 Å². The standard InChI is InChI=1S/C21H19N5O/c27-21(26-10-4-7-19(26)14-5-2-1-3-6-14)18-11-15-8-9-17(24-20(15)25-18)16-12-22-23-13-16/h1-3,5-6,8-9,11-13,19H,4,7,10H2,(H,22,23)(H,24,25)/t19-/m1/s1. The van der Waals surface area contributed by atoms with Crippen LogP contribution in [0.2, 0.25) is 0 Å². The molecule has 3 aromatic heterocycles. The van der Waals surface area contributed by atoms with Gasteiger partial charge < -0.3 is 9.88 Å². The van der Waals surface area contributed by atoms with Crippen LogP contribution in [-0.2, 0) is 0 Å². The van der Waals surface area contributed by atoms with Crippen molar-refractivity contribution in [3.8, 4) is 11.3 Å². The number of carbonyl (C=O) groups is 1. The van der Waals surface area contributed by atoms with Gasteiger partial charge in [0.25, 0.3) is 5.91 Å². The molecule has 6 heteroatoms. The number of hydrogen-bond donors (Lipinski definition) is 2. The minimum Gasteiger partial charge on any atom is -0.335 e. The summed E-state index contributed by atoms with van der Waals surface area (Å²) >= 11 is 0. The van der Waals surface area contributed by atoms with Gasteiger partial charge >= 0.3 is 0 Å². The second kappa shape index (κ2) is 6.39. The number of likely N-dealkylation sites (tertiary alicyclic amines) is 1. The number of benzene rings is 1. The number of H-pyrrole nitrogens is 2. The number of nitrogens with zero attached hydrogens (tertiary/aromatic N) is 3. The molecule has 1 aliphatic rings. The second-order valence-electron chi connectivity index (χ2n) is 6.87. The number of aromatic nitrogens is 4. The summed E-state index contributed by atoms with van der Waals surface area (Å²) in [4.78, 5) is 23.0. The zero-order valence-corrected chi connectivity index (χ0v) is 14.7. The maximum absolute atomic E-state index is 13.2. The fourth-order valence-corrected chi connectivity index (χ4v) is 3.86. The van der Waals surface area contributed by atoms with Gasteiger partial charge in [-0.3, -0.25) is 9.89 Å². The molecule has 4 aromatic rings. The summed E-state index contributed by atoms with van der Waals surface area (Å²) in [5, 5.41) is 7.69. The van der Waals surface area contributed by atoms with Crippen LogP contribution in [0.3, 0.4) is 0 Å². The van der Waals surface area contributed by atoms with Crippen molar-refractivity contribution in [2.45, 2.75) is 18.9 Å². The Bertz CT molecular complexity index is 1080. The first-order valence-electron chi connectivity index (χ1n) is 9.14. The van der Waals surface area contributed by atoms with E-state index in [0.29, 0.717) is 11.3 Å². The highest BCUT2D eigenvalue weighted by Crippen LogP contribution is 2.33. The Kier molecular flexibility index (Phi) is 3.74. The highest BCUT2D eigenvalue weighted by Gasteiger charge is 2.31. The van der Waals surface area contributed by atoms with Crippen LogP contribution in [0, 0.1) is 0 Å². The van der Waals surface area contributed by atoms with Crippen molar-refractivity contribution in [3.63, 3.8) is 0 Å². The van der Waals surface area contributed by atoms with Crippen LogP contribution in [0.5, 0.6) is 0 Å². The molecule has 0 unspecified atom stereocenters. The van der Waals surface area contributed by atoms with E-state index < -0.39 is 0 Å². The predicted molar refractivity (Wildman–Crippen MR) is 103 cm³/mol. The molecule has 0 saturated carbocycles. The Labute approximate surface area is 156 Å². The van der Waals surface area contributed by atoms with Crippen LogP contribution >= 0.6 is 0 Å². The SMILES string of the molecule is O=C(c1cc2ccc(-c3cn[nH]c3)nc2[nH]1)N1CCC[C@@H]1c1ccccc1. The molecule has 0 spiro atoms. The van der Waals surface area contributed by atoms with Crippen molar-refractivity contribution < 1.29 is 4.79 Å². The van der Waals surface area contributed by atoms with Crippen LogP contribution in [0.25, 0.3) is 22.3 Å². The molecule has 6 nitrogen and oxygen atoms in total. The lowest BCUT2D eigenvalue weighted by Crippen LogP contribution is -2.30. The first-order chi connectivity index (χ1) is 13.3. The molecule has 4 heterocycles. The van der Waals surface area contributed by atoms with Crippen molar-refractivity contribution in [1.29, 1.82) is 0 Å². The Morgan fingerprint density at radius 2 is 2.04 bits per heavy atom. The summed E-state index contributed by atoms with van der Waals surface area (Å²) < 4.78 is 0. The van der Waals surface area contributed by atoms with Gasteiger partial charge in [-0.15, -0.1) is 0 Å². The molecule has 1 aliphatic heterocycles. The lowest BCUT2D eigenvalue weighted by molar-refractivity contribution is 0.0730. The number of fused-ring (bicyclic) bond motifs is 1. The Hall–Kier alpha value is -3.41. The number of amides is 1. The van der Waals surface area contributed by atoms with Gasteiger partial charge in [0.15, 0.2) is 0 Å². The van der Waals surface area contributed by atoms with Gasteiger partial charge in [0.1, 0.15) is 11.3 Å². The molecule has 0 aliphatic carbocycles. The minimum atomic E-state index is 0.0317. The monoisotopic (exact) mass is 357 g/mol. The molecule has 1 atom stereocenters. The van der Waals surface area contributed by atoms with Gasteiger partial charge in [-0.2, -0.15) is 5.10 Å². The lowest BCUT2D eigenvalue weighted by atomic mass is 10.0. The summed E-state index contributed by atoms with van der Waals surface area (Å²) in [6.07, 6.45) is 5.56. The molecular formula is C21H19N5O. The molecule has 1 aromatic carbocycles. The number of carbonyl (C=O) groups excluding carboxylic acids is 1. The third-order valence-electron chi connectivity index (χ3n) is 5.20. The van der Waals surface area contributed by atoms with E-state index in [0.717, 1.165) is 36.0 Å². The molecule has 1 saturated heterocycles. The number of rotatable bonds is 3. The lowest BCUT2D eigenvalue weighted by Gasteiger charge is -2.24. The first-order valence-corrected chi connectivity index (χ1v) is 9.14. The van der Waals surface area contributed by atoms with E-state index >= 15 is 0 Å². The number of hydrogen-bond acceptors (Lipinski definition) is 3. The van der Waals surface area contributed by atoms with Gasteiger partial charge in [-0.05, 0) is 36.6 Å². The highest BCUT2D eigenvalue weighted by atomic mass is 16.2. The van der Waals surface area contributed by atoms with Crippen molar-refractivity contribution in [2.24, 2.45) is 0 Å². The van der Waals surface area contributed by atoms with Crippen LogP contribution in [0.4, 0.5) is 0 Å². The van der Waals surface area contributed by atoms with Crippen LogP contribution < -0.4 is 0 Å². The van der Waals surface area contributed by atoms with E-state index in [-0.39, 0.29) is 11.9 Å². The fraction of sp³-hybridized carbons (Fsp3) is 0.190. The normalized spacial score (nSPS) is 16.9. The van der Waals surface area contributed by atoms with Crippen LogP contribution in [-0.4, -0.2) is 37.5 Å². The van der Waals surface area contributed by atoms with Crippen molar-refractivity contribution in [2.75, 3.05) is 6.54 Å². The molecule has 27 heavy (non-hydrogen) atoms. The number of nitrogens with one attached hydrogen (secondary N) is 2. The molecule has 2 N–H and O–H groups in total. The smallest absolute Gasteiger partial charge is 0.270 e. The summed E-state index contributed by atoms with van der Waals surface area (Å²) in [5.74, 6) is 0.0317. The van der Waals surface area contributed by atoms with Gasteiger partial charge in [0, 0.05) is 23.7 Å². The maximum atomic E-state index is 13.2. The van der Waals surface area contributed by atoms with E-state index in [1.807, 2.05) is 41.3 Å². The molecule has 0 radical (unpaired) electrons.